The van der Waals surface area contributed by atoms with Crippen molar-refractivity contribution in [1.82, 2.24) is 10.6 Å². The second-order valence-corrected chi connectivity index (χ2v) is 9.39. The largest absolute Gasteiger partial charge is 0.368 e. The zero-order valence-electron chi connectivity index (χ0n) is 14.7. The highest BCUT2D eigenvalue weighted by Crippen LogP contribution is 2.38. The Bertz CT molecular complexity index is 355. The third-order valence-corrected chi connectivity index (χ3v) is 4.70. The number of ether oxygens (including phenoxy) is 1. The highest BCUT2D eigenvalue weighted by atomic mass is 16.5. The smallest absolute Gasteiger partial charge is 0.0787 e. The van der Waals surface area contributed by atoms with Crippen molar-refractivity contribution in [3.63, 3.8) is 0 Å². The fraction of sp³-hybridized carbons (Fsp3) is 1.00. The van der Waals surface area contributed by atoms with Gasteiger partial charge in [-0.2, -0.15) is 0 Å². The highest BCUT2D eigenvalue weighted by Gasteiger charge is 2.47. The van der Waals surface area contributed by atoms with Gasteiger partial charge < -0.3 is 15.4 Å². The molecule has 2 fully saturated rings. The van der Waals surface area contributed by atoms with Crippen LogP contribution in [0.3, 0.4) is 0 Å². The summed E-state index contributed by atoms with van der Waals surface area (Å²) in [5, 5.41) is 7.66. The second kappa shape index (κ2) is 4.69. The van der Waals surface area contributed by atoms with Crippen molar-refractivity contribution < 1.29 is 4.74 Å². The summed E-state index contributed by atoms with van der Waals surface area (Å²) in [4.78, 5) is 0. The van der Waals surface area contributed by atoms with E-state index in [2.05, 4.69) is 66.0 Å². The minimum Gasteiger partial charge on any atom is -0.368 e. The molecule has 3 nitrogen and oxygen atoms in total. The molecule has 2 aliphatic heterocycles. The molecule has 0 bridgehead atoms. The van der Waals surface area contributed by atoms with Gasteiger partial charge in [0.2, 0.25) is 0 Å². The third kappa shape index (κ3) is 3.75. The molecule has 2 rings (SSSR count). The first-order valence-electron chi connectivity index (χ1n) is 8.06. The Kier molecular flexibility index (Phi) is 3.81. The quantitative estimate of drug-likeness (QED) is 0.816. The van der Waals surface area contributed by atoms with Crippen LogP contribution in [0.1, 0.15) is 74.7 Å². The van der Waals surface area contributed by atoms with Gasteiger partial charge in [-0.3, -0.25) is 0 Å². The summed E-state index contributed by atoms with van der Waals surface area (Å²) in [6, 6.07) is 0.996. The van der Waals surface area contributed by atoms with Crippen LogP contribution in [-0.4, -0.2) is 34.4 Å². The van der Waals surface area contributed by atoms with Gasteiger partial charge in [-0.1, -0.05) is 0 Å². The van der Waals surface area contributed by atoms with E-state index in [4.69, 9.17) is 4.74 Å². The Morgan fingerprint density at radius 2 is 1.35 bits per heavy atom. The Hall–Kier alpha value is -0.120. The van der Waals surface area contributed by atoms with Crippen molar-refractivity contribution in [2.45, 2.75) is 109 Å². The molecule has 20 heavy (non-hydrogen) atoms. The first-order valence-corrected chi connectivity index (χ1v) is 8.06. The third-order valence-electron chi connectivity index (χ3n) is 4.70. The van der Waals surface area contributed by atoms with Crippen LogP contribution in [0.4, 0.5) is 0 Å². The number of hydrogen-bond acceptors (Lipinski definition) is 3. The molecule has 0 amide bonds. The van der Waals surface area contributed by atoms with E-state index in [0.29, 0.717) is 12.1 Å². The molecule has 0 saturated carbocycles. The maximum Gasteiger partial charge on any atom is 0.0787 e. The van der Waals surface area contributed by atoms with Crippen LogP contribution in [0.25, 0.3) is 0 Å². The minimum atomic E-state index is -0.0807. The summed E-state index contributed by atoms with van der Waals surface area (Å²) in [5.41, 5.74) is 0.291. The maximum atomic E-state index is 6.22. The average Bonchev–Trinajstić information content (AvgIpc) is 2.27. The number of nitrogens with one attached hydrogen (secondary N) is 2. The van der Waals surface area contributed by atoms with E-state index < -0.39 is 0 Å². The average molecular weight is 282 g/mol. The van der Waals surface area contributed by atoms with Crippen molar-refractivity contribution in [2.75, 3.05) is 0 Å². The highest BCUT2D eigenvalue weighted by molar-refractivity contribution is 5.04. The number of rotatable bonds is 2. The van der Waals surface area contributed by atoms with Crippen LogP contribution in [0.15, 0.2) is 0 Å². The lowest BCUT2D eigenvalue weighted by atomic mass is 9.79. The minimum absolute atomic E-state index is 0.0148. The molecule has 2 N–H and O–H groups in total. The fourth-order valence-corrected chi connectivity index (χ4v) is 4.55. The summed E-state index contributed by atoms with van der Waals surface area (Å²) in [5.74, 6) is 0. The molecule has 1 atom stereocenters. The van der Waals surface area contributed by atoms with E-state index >= 15 is 0 Å². The zero-order chi connectivity index (χ0) is 15.4. The van der Waals surface area contributed by atoms with Crippen molar-refractivity contribution >= 4 is 0 Å². The lowest BCUT2D eigenvalue weighted by Gasteiger charge is -2.48. The Morgan fingerprint density at radius 1 is 0.850 bits per heavy atom. The molecular weight excluding hydrogens is 248 g/mol. The van der Waals surface area contributed by atoms with E-state index in [1.807, 2.05) is 0 Å². The molecule has 0 spiro atoms. The molecule has 2 heterocycles. The molecule has 0 aromatic heterocycles. The van der Waals surface area contributed by atoms with Crippen molar-refractivity contribution in [3.05, 3.63) is 0 Å². The summed E-state index contributed by atoms with van der Waals surface area (Å²) in [6.07, 6.45) is 3.43. The van der Waals surface area contributed by atoms with E-state index in [-0.39, 0.29) is 22.3 Å². The summed E-state index contributed by atoms with van der Waals surface area (Å²) < 4.78 is 6.22. The first kappa shape index (κ1) is 16.3. The Balaban J connectivity index is 2.06. The van der Waals surface area contributed by atoms with Crippen LogP contribution < -0.4 is 10.6 Å². The standard InChI is InChI=1S/C17H34N2O/c1-14(2)9-12(10-15(3,4)19-14)18-13-11-16(5,6)20-17(13,7)8/h12-13,18-19H,9-11H2,1-8H3. The van der Waals surface area contributed by atoms with Gasteiger partial charge >= 0.3 is 0 Å². The predicted octanol–water partition coefficient (Wildman–Crippen LogP) is 3.23. The molecule has 2 aliphatic rings. The van der Waals surface area contributed by atoms with Crippen LogP contribution in [0.2, 0.25) is 0 Å². The van der Waals surface area contributed by atoms with E-state index in [1.165, 1.54) is 12.8 Å². The lowest BCUT2D eigenvalue weighted by Crippen LogP contribution is -2.63. The lowest BCUT2D eigenvalue weighted by molar-refractivity contribution is -0.0712. The van der Waals surface area contributed by atoms with E-state index in [0.717, 1.165) is 6.42 Å². The van der Waals surface area contributed by atoms with Gasteiger partial charge in [0, 0.05) is 23.2 Å². The number of piperidine rings is 1. The fourth-order valence-electron chi connectivity index (χ4n) is 4.55. The molecule has 0 aromatic rings. The van der Waals surface area contributed by atoms with Gasteiger partial charge in [0.25, 0.3) is 0 Å². The van der Waals surface area contributed by atoms with E-state index in [9.17, 15) is 0 Å². The molecule has 1 unspecified atom stereocenters. The molecule has 0 radical (unpaired) electrons. The summed E-state index contributed by atoms with van der Waals surface area (Å²) >= 11 is 0. The van der Waals surface area contributed by atoms with E-state index in [1.54, 1.807) is 0 Å². The van der Waals surface area contributed by atoms with Crippen molar-refractivity contribution in [3.8, 4) is 0 Å². The second-order valence-electron chi connectivity index (χ2n) is 9.39. The van der Waals surface area contributed by atoms with Gasteiger partial charge in [-0.25, -0.2) is 0 Å². The SMILES string of the molecule is CC1(C)CC(NC2CC(C)(C)OC2(C)C)CC(C)(C)N1. The van der Waals surface area contributed by atoms with Crippen molar-refractivity contribution in [1.29, 1.82) is 0 Å². The van der Waals surface area contributed by atoms with Crippen LogP contribution in [0, 0.1) is 0 Å². The van der Waals surface area contributed by atoms with Gasteiger partial charge in [-0.15, -0.1) is 0 Å². The van der Waals surface area contributed by atoms with Crippen LogP contribution in [-0.2, 0) is 4.74 Å². The summed E-state index contributed by atoms with van der Waals surface area (Å²) in [7, 11) is 0. The molecule has 0 aromatic carbocycles. The molecule has 3 heteroatoms. The molecule has 118 valence electrons. The molecule has 2 saturated heterocycles. The van der Waals surface area contributed by atoms with Gasteiger partial charge in [0.15, 0.2) is 0 Å². The van der Waals surface area contributed by atoms with Crippen molar-refractivity contribution in [2.24, 2.45) is 0 Å². The first-order chi connectivity index (χ1) is 8.80. The summed E-state index contributed by atoms with van der Waals surface area (Å²) in [6.45, 7) is 18.1. The topological polar surface area (TPSA) is 33.3 Å². The Labute approximate surface area is 125 Å². The number of hydrogen-bond donors (Lipinski definition) is 2. The zero-order valence-corrected chi connectivity index (χ0v) is 14.7. The van der Waals surface area contributed by atoms with Gasteiger partial charge in [0.05, 0.1) is 11.2 Å². The molecule has 0 aliphatic carbocycles. The molecular formula is C17H34N2O. The van der Waals surface area contributed by atoms with Gasteiger partial charge in [-0.05, 0) is 74.7 Å². The van der Waals surface area contributed by atoms with Crippen LogP contribution >= 0.6 is 0 Å². The normalized spacial score (nSPS) is 35.1. The van der Waals surface area contributed by atoms with Crippen LogP contribution in [0.5, 0.6) is 0 Å². The monoisotopic (exact) mass is 282 g/mol. The Morgan fingerprint density at radius 3 is 1.75 bits per heavy atom. The predicted molar refractivity (Wildman–Crippen MR) is 85.1 cm³/mol. The maximum absolute atomic E-state index is 6.22. The van der Waals surface area contributed by atoms with Gasteiger partial charge in [0.1, 0.15) is 0 Å².